The number of carboxylic acids is 1. The lowest BCUT2D eigenvalue weighted by Crippen LogP contribution is -2.36. The van der Waals surface area contributed by atoms with E-state index in [1.165, 1.54) is 0 Å². The van der Waals surface area contributed by atoms with Gasteiger partial charge in [0.25, 0.3) is 0 Å². The van der Waals surface area contributed by atoms with Gasteiger partial charge in [0.2, 0.25) is 0 Å². The molecule has 0 aromatic heterocycles. The molecule has 0 bridgehead atoms. The van der Waals surface area contributed by atoms with E-state index in [1.54, 1.807) is 24.3 Å². The van der Waals surface area contributed by atoms with Crippen LogP contribution in [0.25, 0.3) is 0 Å². The highest BCUT2D eigenvalue weighted by molar-refractivity contribution is 7.80. The van der Waals surface area contributed by atoms with Gasteiger partial charge >= 0.3 is 5.97 Å². The van der Waals surface area contributed by atoms with Crippen LogP contribution in [0.3, 0.4) is 0 Å². The van der Waals surface area contributed by atoms with Crippen LogP contribution >= 0.6 is 12.6 Å². The molecule has 4 nitrogen and oxygen atoms in total. The minimum absolute atomic E-state index is 0.470. The monoisotopic (exact) mass is 213 g/mol. The summed E-state index contributed by atoms with van der Waals surface area (Å²) in [6.07, 6.45) is -1.19. The third kappa shape index (κ3) is 2.47. The molecular formula is C9H11NO3S. The quantitative estimate of drug-likeness (QED) is 0.548. The molecular weight excluding hydrogens is 202 g/mol. The van der Waals surface area contributed by atoms with Gasteiger partial charge in [-0.3, -0.25) is 4.79 Å². The number of hydrogen-bond acceptors (Lipinski definition) is 4. The van der Waals surface area contributed by atoms with Gasteiger partial charge in [-0.05, 0) is 17.7 Å². The molecule has 1 rings (SSSR count). The molecule has 0 aliphatic heterocycles. The number of aliphatic carboxylic acids is 1. The van der Waals surface area contributed by atoms with Crippen molar-refractivity contribution in [2.75, 3.05) is 0 Å². The van der Waals surface area contributed by atoms with Crippen LogP contribution in [0.15, 0.2) is 29.2 Å². The van der Waals surface area contributed by atoms with Crippen LogP contribution in [0.5, 0.6) is 0 Å². The lowest BCUT2D eigenvalue weighted by Gasteiger charge is -2.14. The number of carboxylic acid groups (broad SMARTS) is 1. The van der Waals surface area contributed by atoms with Crippen LogP contribution in [0.2, 0.25) is 0 Å². The summed E-state index contributed by atoms with van der Waals surface area (Å²) in [4.78, 5) is 11.2. The maximum absolute atomic E-state index is 10.5. The SMILES string of the molecule is NC(C(=O)O)C(O)c1ccc(S)cc1. The first kappa shape index (κ1) is 11.0. The highest BCUT2D eigenvalue weighted by Crippen LogP contribution is 2.17. The first-order valence-corrected chi connectivity index (χ1v) is 4.42. The zero-order valence-electron chi connectivity index (χ0n) is 7.29. The molecule has 14 heavy (non-hydrogen) atoms. The third-order valence-corrected chi connectivity index (χ3v) is 2.16. The van der Waals surface area contributed by atoms with Crippen molar-refractivity contribution < 1.29 is 15.0 Å². The van der Waals surface area contributed by atoms with Crippen LogP contribution in [0, 0.1) is 0 Å². The Kier molecular flexibility index (Phi) is 3.51. The Balaban J connectivity index is 2.84. The summed E-state index contributed by atoms with van der Waals surface area (Å²) in [6.45, 7) is 0. The minimum Gasteiger partial charge on any atom is -0.480 e. The number of carbonyl (C=O) groups is 1. The van der Waals surface area contributed by atoms with Gasteiger partial charge < -0.3 is 15.9 Å². The highest BCUT2D eigenvalue weighted by Gasteiger charge is 2.23. The first-order valence-electron chi connectivity index (χ1n) is 3.97. The predicted octanol–water partition coefficient (Wildman–Crippen LogP) is 0.421. The van der Waals surface area contributed by atoms with Gasteiger partial charge in [-0.1, -0.05) is 12.1 Å². The predicted molar refractivity (Wildman–Crippen MR) is 54.3 cm³/mol. The zero-order chi connectivity index (χ0) is 10.7. The van der Waals surface area contributed by atoms with Gasteiger partial charge in [-0.15, -0.1) is 12.6 Å². The van der Waals surface area contributed by atoms with E-state index in [4.69, 9.17) is 10.8 Å². The number of thiol groups is 1. The highest BCUT2D eigenvalue weighted by atomic mass is 32.1. The second-order valence-electron chi connectivity index (χ2n) is 2.90. The van der Waals surface area contributed by atoms with Crippen LogP contribution in [-0.4, -0.2) is 22.2 Å². The second kappa shape index (κ2) is 4.45. The van der Waals surface area contributed by atoms with Crippen molar-refractivity contribution in [3.63, 3.8) is 0 Å². The number of aliphatic hydroxyl groups excluding tert-OH is 1. The number of rotatable bonds is 3. The first-order chi connectivity index (χ1) is 6.52. The van der Waals surface area contributed by atoms with Crippen molar-refractivity contribution in [1.82, 2.24) is 0 Å². The molecule has 0 spiro atoms. The maximum Gasteiger partial charge on any atom is 0.323 e. The van der Waals surface area contributed by atoms with Crippen molar-refractivity contribution in [1.29, 1.82) is 0 Å². The lowest BCUT2D eigenvalue weighted by atomic mass is 10.0. The van der Waals surface area contributed by atoms with E-state index in [0.717, 1.165) is 4.90 Å². The van der Waals surface area contributed by atoms with Gasteiger partial charge in [0.15, 0.2) is 0 Å². The molecule has 0 radical (unpaired) electrons. The Morgan fingerprint density at radius 1 is 1.36 bits per heavy atom. The summed E-state index contributed by atoms with van der Waals surface area (Å²) in [5.41, 5.74) is 5.73. The molecule has 0 saturated carbocycles. The van der Waals surface area contributed by atoms with Gasteiger partial charge in [-0.2, -0.15) is 0 Å². The number of benzene rings is 1. The van der Waals surface area contributed by atoms with Crippen LogP contribution in [0.1, 0.15) is 11.7 Å². The fourth-order valence-corrected chi connectivity index (χ4v) is 1.16. The van der Waals surface area contributed by atoms with E-state index in [-0.39, 0.29) is 0 Å². The topological polar surface area (TPSA) is 83.6 Å². The number of hydrogen-bond donors (Lipinski definition) is 4. The van der Waals surface area contributed by atoms with Gasteiger partial charge in [0.1, 0.15) is 12.1 Å². The molecule has 2 atom stereocenters. The van der Waals surface area contributed by atoms with Crippen LogP contribution < -0.4 is 5.73 Å². The number of nitrogens with two attached hydrogens (primary N) is 1. The summed E-state index contributed by atoms with van der Waals surface area (Å²) in [5.74, 6) is -1.23. The molecule has 0 fully saturated rings. The summed E-state index contributed by atoms with van der Waals surface area (Å²) < 4.78 is 0. The fraction of sp³-hybridized carbons (Fsp3) is 0.222. The third-order valence-electron chi connectivity index (χ3n) is 1.86. The van der Waals surface area contributed by atoms with Crippen molar-refractivity contribution in [3.05, 3.63) is 29.8 Å². The minimum atomic E-state index is -1.30. The summed E-state index contributed by atoms with van der Waals surface area (Å²) in [7, 11) is 0. The second-order valence-corrected chi connectivity index (χ2v) is 3.42. The Morgan fingerprint density at radius 2 is 1.86 bits per heavy atom. The lowest BCUT2D eigenvalue weighted by molar-refractivity contribution is -0.141. The largest absolute Gasteiger partial charge is 0.480 e. The molecule has 1 aromatic carbocycles. The van der Waals surface area contributed by atoms with Crippen molar-refractivity contribution in [2.45, 2.75) is 17.0 Å². The molecule has 2 unspecified atom stereocenters. The van der Waals surface area contributed by atoms with E-state index < -0.39 is 18.1 Å². The molecule has 4 N–H and O–H groups in total. The molecule has 1 aromatic rings. The molecule has 0 amide bonds. The normalized spacial score (nSPS) is 14.8. The molecule has 0 heterocycles. The zero-order valence-corrected chi connectivity index (χ0v) is 8.19. The smallest absolute Gasteiger partial charge is 0.323 e. The average molecular weight is 213 g/mol. The Bertz CT molecular complexity index is 325. The molecule has 0 aliphatic carbocycles. The van der Waals surface area contributed by atoms with Gasteiger partial charge in [0, 0.05) is 4.90 Å². The molecule has 76 valence electrons. The Morgan fingerprint density at radius 3 is 2.29 bits per heavy atom. The summed E-state index contributed by atoms with van der Waals surface area (Å²) in [5, 5.41) is 18.1. The van der Waals surface area contributed by atoms with Crippen molar-refractivity contribution >= 4 is 18.6 Å². The van der Waals surface area contributed by atoms with E-state index in [9.17, 15) is 9.90 Å². The molecule has 0 aliphatic rings. The standard InChI is InChI=1S/C9H11NO3S/c10-7(9(12)13)8(11)5-1-3-6(14)4-2-5/h1-4,7-8,11,14H,10H2,(H,12,13). The van der Waals surface area contributed by atoms with E-state index in [1.807, 2.05) is 0 Å². The van der Waals surface area contributed by atoms with Crippen LogP contribution in [0.4, 0.5) is 0 Å². The Labute approximate surface area is 86.8 Å². The molecule has 0 saturated heterocycles. The van der Waals surface area contributed by atoms with Crippen molar-refractivity contribution in [2.24, 2.45) is 5.73 Å². The van der Waals surface area contributed by atoms with Gasteiger partial charge in [-0.25, -0.2) is 0 Å². The van der Waals surface area contributed by atoms with Crippen molar-refractivity contribution in [3.8, 4) is 0 Å². The van der Waals surface area contributed by atoms with E-state index in [2.05, 4.69) is 12.6 Å². The average Bonchev–Trinajstić information content (AvgIpc) is 2.16. The summed E-state index contributed by atoms with van der Waals surface area (Å²) >= 11 is 4.06. The van der Waals surface area contributed by atoms with Gasteiger partial charge in [0.05, 0.1) is 0 Å². The molecule has 5 heteroatoms. The van der Waals surface area contributed by atoms with E-state index in [0.29, 0.717) is 5.56 Å². The maximum atomic E-state index is 10.5. The van der Waals surface area contributed by atoms with E-state index >= 15 is 0 Å². The number of aliphatic hydroxyl groups is 1. The summed E-state index contributed by atoms with van der Waals surface area (Å²) in [6, 6.07) is 5.21. The Hall–Kier alpha value is -1.04. The van der Waals surface area contributed by atoms with Crippen LogP contribution in [-0.2, 0) is 4.79 Å². The fourth-order valence-electron chi connectivity index (χ4n) is 1.01.